The van der Waals surface area contributed by atoms with E-state index in [2.05, 4.69) is 30.8 Å². The number of nitrogens with one attached hydrogen (secondary N) is 3. The van der Waals surface area contributed by atoms with Gasteiger partial charge in [-0.1, -0.05) is 0 Å². The molecule has 3 heterocycles. The Labute approximate surface area is 180 Å². The number of aryl methyl sites for hydroxylation is 1. The Hall–Kier alpha value is -3.64. The van der Waals surface area contributed by atoms with Gasteiger partial charge in [0.05, 0.1) is 37.4 Å². The topological polar surface area (TPSA) is 121 Å². The maximum atomic E-state index is 8.85. The molecule has 0 radical (unpaired) electrons. The van der Waals surface area contributed by atoms with Crippen molar-refractivity contribution in [3.63, 3.8) is 0 Å². The zero-order valence-electron chi connectivity index (χ0n) is 17.6. The summed E-state index contributed by atoms with van der Waals surface area (Å²) >= 11 is 0. The number of benzene rings is 1. The molecular formula is C22H25N7O2. The number of nitriles is 1. The van der Waals surface area contributed by atoms with Crippen molar-refractivity contribution in [1.82, 2.24) is 25.5 Å². The summed E-state index contributed by atoms with van der Waals surface area (Å²) in [6.45, 7) is 4.72. The van der Waals surface area contributed by atoms with Gasteiger partial charge < -0.3 is 20.1 Å². The van der Waals surface area contributed by atoms with Gasteiger partial charge in [-0.25, -0.2) is 9.97 Å². The fourth-order valence-electron chi connectivity index (χ4n) is 3.63. The number of hydrogen-bond donors (Lipinski definition) is 3. The number of hydrogen-bond acceptors (Lipinski definition) is 8. The second-order valence-corrected chi connectivity index (χ2v) is 7.55. The molecule has 0 saturated carbocycles. The number of rotatable bonds is 7. The molecule has 31 heavy (non-hydrogen) atoms. The average molecular weight is 419 g/mol. The van der Waals surface area contributed by atoms with Gasteiger partial charge in [-0.05, 0) is 44.0 Å². The van der Waals surface area contributed by atoms with Crippen molar-refractivity contribution < 1.29 is 9.47 Å². The van der Waals surface area contributed by atoms with Crippen LogP contribution in [0.2, 0.25) is 0 Å². The molecule has 0 amide bonds. The van der Waals surface area contributed by atoms with Crippen molar-refractivity contribution in [2.24, 2.45) is 5.92 Å². The minimum atomic E-state index is 0.257. The van der Waals surface area contributed by atoms with Gasteiger partial charge in [-0.2, -0.15) is 10.4 Å². The lowest BCUT2D eigenvalue weighted by atomic mass is 10.0. The van der Waals surface area contributed by atoms with Crippen molar-refractivity contribution in [3.05, 3.63) is 41.9 Å². The third kappa shape index (κ3) is 4.92. The van der Waals surface area contributed by atoms with Crippen molar-refractivity contribution >= 4 is 11.6 Å². The maximum absolute atomic E-state index is 8.85. The summed E-state index contributed by atoms with van der Waals surface area (Å²) in [5, 5.41) is 22.7. The molecule has 1 fully saturated rings. The van der Waals surface area contributed by atoms with Crippen LogP contribution in [0.5, 0.6) is 11.5 Å². The molecule has 4 rings (SSSR count). The predicted molar refractivity (Wildman–Crippen MR) is 116 cm³/mol. The van der Waals surface area contributed by atoms with Crippen molar-refractivity contribution in [2.75, 3.05) is 32.1 Å². The summed E-state index contributed by atoms with van der Waals surface area (Å²) in [5.41, 5.74) is 2.90. The summed E-state index contributed by atoms with van der Waals surface area (Å²) in [5.74, 6) is 3.02. The first-order chi connectivity index (χ1) is 15.2. The molecule has 3 aromatic rings. The molecule has 1 aliphatic rings. The van der Waals surface area contributed by atoms with Gasteiger partial charge in [0.2, 0.25) is 0 Å². The molecule has 2 aromatic heterocycles. The number of H-pyrrole nitrogens is 1. The van der Waals surface area contributed by atoms with Crippen LogP contribution < -0.4 is 20.1 Å². The summed E-state index contributed by atoms with van der Waals surface area (Å²) < 4.78 is 11.9. The highest BCUT2D eigenvalue weighted by Gasteiger charge is 2.19. The van der Waals surface area contributed by atoms with E-state index in [0.29, 0.717) is 29.9 Å². The predicted octanol–water partition coefficient (Wildman–Crippen LogP) is 3.18. The van der Waals surface area contributed by atoms with Crippen LogP contribution in [0.3, 0.4) is 0 Å². The van der Waals surface area contributed by atoms with Crippen LogP contribution >= 0.6 is 0 Å². The molecule has 1 aromatic carbocycles. The molecule has 1 atom stereocenters. The molecular weight excluding hydrogens is 394 g/mol. The lowest BCUT2D eigenvalue weighted by Gasteiger charge is -2.24. The Morgan fingerprint density at radius 1 is 1.19 bits per heavy atom. The maximum Gasteiger partial charge on any atom is 0.158 e. The highest BCUT2D eigenvalue weighted by atomic mass is 16.5. The van der Waals surface area contributed by atoms with Gasteiger partial charge >= 0.3 is 0 Å². The second-order valence-electron chi connectivity index (χ2n) is 7.55. The van der Waals surface area contributed by atoms with Crippen LogP contribution in [0.25, 0.3) is 11.3 Å². The Morgan fingerprint density at radius 3 is 2.77 bits per heavy atom. The first kappa shape index (κ1) is 20.6. The van der Waals surface area contributed by atoms with Gasteiger partial charge in [-0.15, -0.1) is 0 Å². The molecule has 0 unspecified atom stereocenters. The van der Waals surface area contributed by atoms with E-state index in [0.717, 1.165) is 42.1 Å². The SMILES string of the molecule is COc1cc(C)cc(OC[C@H]2CCCNC2)c1-c1cc(Nc2cnc(C#N)cn2)n[nH]1. The van der Waals surface area contributed by atoms with Crippen LogP contribution in [-0.4, -0.2) is 47.0 Å². The monoisotopic (exact) mass is 419 g/mol. The van der Waals surface area contributed by atoms with E-state index in [1.54, 1.807) is 7.11 Å². The highest BCUT2D eigenvalue weighted by Crippen LogP contribution is 2.40. The normalized spacial score (nSPS) is 15.8. The van der Waals surface area contributed by atoms with Crippen LogP contribution in [0.1, 0.15) is 24.1 Å². The fraction of sp³-hybridized carbons (Fsp3) is 0.364. The van der Waals surface area contributed by atoms with E-state index in [1.807, 2.05) is 31.2 Å². The van der Waals surface area contributed by atoms with Crippen LogP contribution in [0, 0.1) is 24.2 Å². The number of aromatic nitrogens is 4. The molecule has 1 aliphatic heterocycles. The Kier molecular flexibility index (Phi) is 6.29. The van der Waals surface area contributed by atoms with Gasteiger partial charge in [0.15, 0.2) is 11.5 Å². The van der Waals surface area contributed by atoms with Crippen molar-refractivity contribution in [3.8, 4) is 28.8 Å². The summed E-state index contributed by atoms with van der Waals surface area (Å²) in [6.07, 6.45) is 5.23. The summed E-state index contributed by atoms with van der Waals surface area (Å²) in [7, 11) is 1.65. The number of piperidine rings is 1. The molecule has 0 spiro atoms. The quantitative estimate of drug-likeness (QED) is 0.534. The smallest absolute Gasteiger partial charge is 0.158 e. The summed E-state index contributed by atoms with van der Waals surface area (Å²) in [4.78, 5) is 8.17. The third-order valence-corrected chi connectivity index (χ3v) is 5.17. The standard InChI is InChI=1S/C22H25N7O2/c1-14-6-18(30-2)22(19(7-14)31-13-15-4-3-5-24-10-15)17-8-20(29-28-17)27-21-12-25-16(9-23)11-26-21/h6-8,11-12,15,24H,3-5,10,13H2,1-2H3,(H2,26,27,28,29)/t15-/m0/s1. The Balaban J connectivity index is 1.58. The summed E-state index contributed by atoms with van der Waals surface area (Å²) in [6, 6.07) is 7.81. The molecule has 0 bridgehead atoms. The van der Waals surface area contributed by atoms with E-state index in [1.165, 1.54) is 18.8 Å². The number of ether oxygens (including phenoxy) is 2. The van der Waals surface area contributed by atoms with Gasteiger partial charge in [0.1, 0.15) is 23.4 Å². The molecule has 9 nitrogen and oxygen atoms in total. The zero-order chi connectivity index (χ0) is 21.6. The third-order valence-electron chi connectivity index (χ3n) is 5.17. The van der Waals surface area contributed by atoms with E-state index in [-0.39, 0.29) is 5.69 Å². The lowest BCUT2D eigenvalue weighted by Crippen LogP contribution is -2.33. The van der Waals surface area contributed by atoms with E-state index < -0.39 is 0 Å². The minimum absolute atomic E-state index is 0.257. The molecule has 9 heteroatoms. The molecule has 1 saturated heterocycles. The van der Waals surface area contributed by atoms with Crippen LogP contribution in [0.15, 0.2) is 30.6 Å². The zero-order valence-corrected chi connectivity index (χ0v) is 17.6. The average Bonchev–Trinajstić information content (AvgIpc) is 3.26. The van der Waals surface area contributed by atoms with Crippen LogP contribution in [-0.2, 0) is 0 Å². The van der Waals surface area contributed by atoms with Crippen molar-refractivity contribution in [2.45, 2.75) is 19.8 Å². The number of aromatic amines is 1. The fourth-order valence-corrected chi connectivity index (χ4v) is 3.63. The number of anilines is 2. The minimum Gasteiger partial charge on any atom is -0.496 e. The van der Waals surface area contributed by atoms with Gasteiger partial charge in [0.25, 0.3) is 0 Å². The number of methoxy groups -OCH3 is 1. The Bertz CT molecular complexity index is 1070. The van der Waals surface area contributed by atoms with Gasteiger partial charge in [0, 0.05) is 18.5 Å². The van der Waals surface area contributed by atoms with E-state index in [4.69, 9.17) is 14.7 Å². The number of nitrogens with zero attached hydrogens (tertiary/aromatic N) is 4. The molecule has 0 aliphatic carbocycles. The molecule has 3 N–H and O–H groups in total. The lowest BCUT2D eigenvalue weighted by molar-refractivity contribution is 0.218. The van der Waals surface area contributed by atoms with E-state index >= 15 is 0 Å². The Morgan fingerprint density at radius 2 is 2.06 bits per heavy atom. The largest absolute Gasteiger partial charge is 0.496 e. The molecule has 160 valence electrons. The first-order valence-corrected chi connectivity index (χ1v) is 10.2. The van der Waals surface area contributed by atoms with Crippen molar-refractivity contribution in [1.29, 1.82) is 5.26 Å². The van der Waals surface area contributed by atoms with E-state index in [9.17, 15) is 0 Å². The van der Waals surface area contributed by atoms with Gasteiger partial charge in [-0.3, -0.25) is 5.10 Å². The second kappa shape index (κ2) is 9.45. The van der Waals surface area contributed by atoms with Crippen LogP contribution in [0.4, 0.5) is 11.6 Å². The highest BCUT2D eigenvalue weighted by molar-refractivity contribution is 5.77. The first-order valence-electron chi connectivity index (χ1n) is 10.2.